The van der Waals surface area contributed by atoms with Gasteiger partial charge in [-0.3, -0.25) is 14.4 Å². The van der Waals surface area contributed by atoms with Crippen molar-refractivity contribution in [3.63, 3.8) is 0 Å². The average molecular weight is 468 g/mol. The minimum absolute atomic E-state index is 0.0933. The van der Waals surface area contributed by atoms with Gasteiger partial charge in [0.25, 0.3) is 11.8 Å². The van der Waals surface area contributed by atoms with Gasteiger partial charge in [0.05, 0.1) is 21.5 Å². The minimum Gasteiger partial charge on any atom is -0.370 e. The van der Waals surface area contributed by atoms with Crippen LogP contribution in [0.3, 0.4) is 0 Å². The normalized spacial score (nSPS) is 15.1. The van der Waals surface area contributed by atoms with Crippen LogP contribution in [-0.4, -0.2) is 43.5 Å². The number of nitrogens with zero attached hydrogens (tertiary/aromatic N) is 1. The lowest BCUT2D eigenvalue weighted by Gasteiger charge is -2.27. The second-order valence-electron chi connectivity index (χ2n) is 7.51. The maximum atomic E-state index is 14.6. The van der Waals surface area contributed by atoms with E-state index < -0.39 is 23.7 Å². The number of hydrogen-bond acceptors (Lipinski definition) is 5. The van der Waals surface area contributed by atoms with Crippen LogP contribution in [0.5, 0.6) is 0 Å². The van der Waals surface area contributed by atoms with Crippen LogP contribution in [0.15, 0.2) is 30.3 Å². The lowest BCUT2D eigenvalue weighted by Crippen LogP contribution is -2.44. The van der Waals surface area contributed by atoms with Gasteiger partial charge in [0, 0.05) is 12.2 Å². The van der Waals surface area contributed by atoms with Crippen molar-refractivity contribution in [1.29, 1.82) is 0 Å². The smallest absolute Gasteiger partial charge is 0.262 e. The number of ether oxygens (including phenoxy) is 1. The molecule has 0 aliphatic carbocycles. The van der Waals surface area contributed by atoms with Crippen molar-refractivity contribution in [2.24, 2.45) is 5.92 Å². The number of anilines is 2. The van der Waals surface area contributed by atoms with Crippen molar-refractivity contribution in [3.05, 3.63) is 45.4 Å². The third kappa shape index (κ3) is 6.03. The molecule has 0 bridgehead atoms. The Morgan fingerprint density at radius 3 is 2.68 bits per heavy atom. The third-order valence-corrected chi connectivity index (χ3v) is 5.85. The molecule has 7 nitrogen and oxygen atoms in total. The van der Waals surface area contributed by atoms with E-state index >= 15 is 0 Å². The molecule has 1 aromatic heterocycles. The molecule has 3 rings (SSSR count). The molecule has 1 aliphatic heterocycles. The van der Waals surface area contributed by atoms with Gasteiger partial charge in [-0.05, 0) is 42.7 Å². The van der Waals surface area contributed by atoms with E-state index in [1.54, 1.807) is 12.1 Å². The fourth-order valence-electron chi connectivity index (χ4n) is 3.17. The van der Waals surface area contributed by atoms with E-state index in [9.17, 15) is 18.8 Å². The lowest BCUT2D eigenvalue weighted by molar-refractivity contribution is -0.125. The van der Waals surface area contributed by atoms with E-state index in [1.165, 1.54) is 17.0 Å². The Balaban J connectivity index is 1.71. The highest BCUT2D eigenvalue weighted by molar-refractivity contribution is 7.18. The molecule has 1 fully saturated rings. The van der Waals surface area contributed by atoms with Gasteiger partial charge >= 0.3 is 0 Å². The first-order valence-electron chi connectivity index (χ1n) is 9.79. The summed E-state index contributed by atoms with van der Waals surface area (Å²) in [5.41, 5.74) is 0.363. The van der Waals surface area contributed by atoms with E-state index in [-0.39, 0.29) is 36.4 Å². The van der Waals surface area contributed by atoms with Gasteiger partial charge in [-0.1, -0.05) is 25.4 Å². The highest BCUT2D eigenvalue weighted by atomic mass is 35.5. The second-order valence-corrected chi connectivity index (χ2v) is 9.23. The minimum atomic E-state index is -0.808. The largest absolute Gasteiger partial charge is 0.370 e. The average Bonchev–Trinajstić information content (AvgIpc) is 3.14. The molecule has 2 aromatic rings. The lowest BCUT2D eigenvalue weighted by atomic mass is 10.0. The van der Waals surface area contributed by atoms with Gasteiger partial charge in [-0.25, -0.2) is 4.39 Å². The Kier molecular flexibility index (Phi) is 7.64. The Bertz CT molecular complexity index is 981. The number of benzene rings is 1. The molecule has 1 atom stereocenters. The van der Waals surface area contributed by atoms with Gasteiger partial charge in [-0.2, -0.15) is 0 Å². The van der Waals surface area contributed by atoms with Gasteiger partial charge < -0.3 is 20.3 Å². The van der Waals surface area contributed by atoms with Crippen LogP contribution in [0.4, 0.5) is 15.8 Å². The molecule has 0 spiro atoms. The second kappa shape index (κ2) is 10.2. The summed E-state index contributed by atoms with van der Waals surface area (Å²) < 4.78 is 20.2. The van der Waals surface area contributed by atoms with Crippen molar-refractivity contribution in [2.75, 3.05) is 30.0 Å². The van der Waals surface area contributed by atoms with Crippen LogP contribution < -0.4 is 15.5 Å². The number of halogens is 2. The highest BCUT2D eigenvalue weighted by Gasteiger charge is 2.25. The van der Waals surface area contributed by atoms with Crippen LogP contribution in [0.2, 0.25) is 4.34 Å². The summed E-state index contributed by atoms with van der Waals surface area (Å²) in [4.78, 5) is 38.9. The van der Waals surface area contributed by atoms with Crippen molar-refractivity contribution in [3.8, 4) is 0 Å². The topological polar surface area (TPSA) is 87.7 Å². The molecule has 10 heteroatoms. The first-order chi connectivity index (χ1) is 14.7. The molecular weight excluding hydrogens is 445 g/mol. The number of amides is 3. The zero-order valence-electron chi connectivity index (χ0n) is 17.1. The first kappa shape index (κ1) is 23.2. The number of carbonyl (C=O) groups is 3. The van der Waals surface area contributed by atoms with E-state index in [0.717, 1.165) is 17.4 Å². The molecular formula is C21H23ClFN3O4S. The number of rotatable bonds is 7. The van der Waals surface area contributed by atoms with Crippen LogP contribution in [0, 0.1) is 11.7 Å². The predicted octanol–water partition coefficient (Wildman–Crippen LogP) is 3.69. The highest BCUT2D eigenvalue weighted by Crippen LogP contribution is 2.25. The summed E-state index contributed by atoms with van der Waals surface area (Å²) in [6.45, 7) is 4.36. The summed E-state index contributed by atoms with van der Waals surface area (Å²) in [7, 11) is 0. The summed E-state index contributed by atoms with van der Waals surface area (Å²) in [5, 5.41) is 5.37. The first-order valence-corrected chi connectivity index (χ1v) is 11.0. The van der Waals surface area contributed by atoms with E-state index in [0.29, 0.717) is 22.2 Å². The van der Waals surface area contributed by atoms with Gasteiger partial charge in [-0.15, -0.1) is 11.3 Å². The molecule has 3 amide bonds. The Morgan fingerprint density at radius 1 is 1.29 bits per heavy atom. The molecule has 166 valence electrons. The van der Waals surface area contributed by atoms with Crippen LogP contribution in [0.1, 0.15) is 29.9 Å². The number of thiophene rings is 1. The molecule has 0 radical (unpaired) electrons. The SMILES string of the molecule is CC(C)CC(NC(=O)c1ccc(Cl)s1)C(=O)Nc1ccc(N2CCOCC2=O)c(F)c1. The zero-order chi connectivity index (χ0) is 22.5. The summed E-state index contributed by atoms with van der Waals surface area (Å²) in [5.74, 6) is -1.68. The monoisotopic (exact) mass is 467 g/mol. The van der Waals surface area contributed by atoms with Gasteiger partial charge in [0.2, 0.25) is 5.91 Å². The standard InChI is InChI=1S/C21H23ClFN3O4S/c1-12(2)9-15(25-21(29)17-5-6-18(22)31-17)20(28)24-13-3-4-16(14(23)10-13)26-7-8-30-11-19(26)27/h3-6,10,12,15H,7-9,11H2,1-2H3,(H,24,28)(H,25,29). The van der Waals surface area contributed by atoms with Crippen molar-refractivity contribution >= 4 is 52.0 Å². The summed E-state index contributed by atoms with van der Waals surface area (Å²) in [6, 6.07) is 6.51. The number of nitrogens with one attached hydrogen (secondary N) is 2. The molecule has 1 unspecified atom stereocenters. The number of hydrogen-bond donors (Lipinski definition) is 2. The fourth-order valence-corrected chi connectivity index (χ4v) is 4.12. The van der Waals surface area contributed by atoms with E-state index in [1.807, 2.05) is 13.8 Å². The quantitative estimate of drug-likeness (QED) is 0.650. The number of carbonyl (C=O) groups excluding carboxylic acids is 3. The molecule has 1 aromatic carbocycles. The van der Waals surface area contributed by atoms with Crippen molar-refractivity contribution < 1.29 is 23.5 Å². The number of morpholine rings is 1. The van der Waals surface area contributed by atoms with E-state index in [4.69, 9.17) is 16.3 Å². The van der Waals surface area contributed by atoms with Crippen molar-refractivity contribution in [2.45, 2.75) is 26.3 Å². The molecule has 0 saturated carbocycles. The van der Waals surface area contributed by atoms with Crippen LogP contribution >= 0.6 is 22.9 Å². The molecule has 2 N–H and O–H groups in total. The molecule has 1 aliphatic rings. The van der Waals surface area contributed by atoms with Gasteiger partial charge in [0.1, 0.15) is 18.5 Å². The van der Waals surface area contributed by atoms with Crippen molar-refractivity contribution in [1.82, 2.24) is 5.32 Å². The van der Waals surface area contributed by atoms with Gasteiger partial charge in [0.15, 0.2) is 0 Å². The maximum absolute atomic E-state index is 14.6. The Morgan fingerprint density at radius 2 is 2.06 bits per heavy atom. The fraction of sp³-hybridized carbons (Fsp3) is 0.381. The predicted molar refractivity (Wildman–Crippen MR) is 118 cm³/mol. The summed E-state index contributed by atoms with van der Waals surface area (Å²) in [6.07, 6.45) is 0.402. The molecule has 31 heavy (non-hydrogen) atoms. The molecule has 1 saturated heterocycles. The van der Waals surface area contributed by atoms with E-state index in [2.05, 4.69) is 10.6 Å². The van der Waals surface area contributed by atoms with Crippen LogP contribution in [-0.2, 0) is 14.3 Å². The Hall–Kier alpha value is -2.49. The zero-order valence-corrected chi connectivity index (χ0v) is 18.7. The summed E-state index contributed by atoms with van der Waals surface area (Å²) >= 11 is 7.00. The third-order valence-electron chi connectivity index (χ3n) is 4.62. The maximum Gasteiger partial charge on any atom is 0.262 e. The van der Waals surface area contributed by atoms with Crippen LogP contribution in [0.25, 0.3) is 0 Å². The molecule has 2 heterocycles. The Labute approximate surface area is 188 Å².